The smallest absolute Gasteiger partial charge is 0.257 e. The van der Waals surface area contributed by atoms with Crippen molar-refractivity contribution in [3.05, 3.63) is 66.4 Å². The number of carbonyl (C=O) groups is 1. The molecule has 0 saturated heterocycles. The Morgan fingerprint density at radius 3 is 2.14 bits per heavy atom. The Balaban J connectivity index is 1.85. The highest BCUT2D eigenvalue weighted by molar-refractivity contribution is 7.92. The first-order valence-corrected chi connectivity index (χ1v) is 14.8. The number of carbonyl (C=O) groups excluding carboxylic acids is 1. The van der Waals surface area contributed by atoms with Crippen molar-refractivity contribution in [3.8, 4) is 17.2 Å². The van der Waals surface area contributed by atoms with Crippen LogP contribution in [-0.4, -0.2) is 42.2 Å². The molecule has 0 fully saturated rings. The van der Waals surface area contributed by atoms with Gasteiger partial charge >= 0.3 is 0 Å². The van der Waals surface area contributed by atoms with Crippen molar-refractivity contribution in [2.75, 3.05) is 12.0 Å². The number of rotatable bonds is 9. The van der Waals surface area contributed by atoms with E-state index in [9.17, 15) is 22.7 Å². The molecule has 2 N–H and O–H groups in total. The highest BCUT2D eigenvalue weighted by Crippen LogP contribution is 2.33. The van der Waals surface area contributed by atoms with E-state index in [4.69, 9.17) is 9.47 Å². The van der Waals surface area contributed by atoms with Gasteiger partial charge in [0.2, 0.25) is 7.37 Å². The van der Waals surface area contributed by atoms with Crippen LogP contribution in [0.15, 0.2) is 65.7 Å². The summed E-state index contributed by atoms with van der Waals surface area (Å²) in [6, 6.07) is 13.6. The summed E-state index contributed by atoms with van der Waals surface area (Å²) in [5.74, 6) is 0.819. The van der Waals surface area contributed by atoms with E-state index in [0.29, 0.717) is 17.2 Å². The van der Waals surface area contributed by atoms with Crippen molar-refractivity contribution in [3.63, 3.8) is 0 Å². The van der Waals surface area contributed by atoms with Gasteiger partial charge < -0.3 is 19.7 Å². The van der Waals surface area contributed by atoms with E-state index < -0.39 is 28.4 Å². The van der Waals surface area contributed by atoms with Crippen molar-refractivity contribution >= 4 is 34.2 Å². The predicted octanol–water partition coefficient (Wildman–Crippen LogP) is 4.62. The molecule has 0 radical (unpaired) electrons. The number of pyridine rings is 1. The van der Waals surface area contributed by atoms with Gasteiger partial charge in [0.15, 0.2) is 9.84 Å². The minimum Gasteiger partial charge on any atom is -0.491 e. The van der Waals surface area contributed by atoms with Gasteiger partial charge in [-0.1, -0.05) is 0 Å². The molecule has 0 bridgehead atoms. The summed E-state index contributed by atoms with van der Waals surface area (Å²) < 4.78 is 48.1. The van der Waals surface area contributed by atoms with Crippen LogP contribution in [0, 0.1) is 0 Å². The Hall–Kier alpha value is -3.20. The van der Waals surface area contributed by atoms with E-state index in [2.05, 4.69) is 10.3 Å². The summed E-state index contributed by atoms with van der Waals surface area (Å²) in [6.07, 6.45) is 1.08. The molecule has 0 aliphatic heterocycles. The molecule has 11 heteroatoms. The second kappa shape index (κ2) is 10.8. The van der Waals surface area contributed by atoms with Crippen molar-refractivity contribution < 1.29 is 32.1 Å². The summed E-state index contributed by atoms with van der Waals surface area (Å²) in [5.41, 5.74) is 0.233. The largest absolute Gasteiger partial charge is 0.491 e. The molecule has 1 unspecified atom stereocenters. The van der Waals surface area contributed by atoms with Crippen LogP contribution in [0.1, 0.15) is 38.1 Å². The minimum atomic E-state index is -3.45. The van der Waals surface area contributed by atoms with Crippen LogP contribution in [0.5, 0.6) is 17.2 Å². The molecular formula is C25H29N2O7PS. The molecule has 0 aliphatic rings. The lowest BCUT2D eigenvalue weighted by atomic mass is 10.2. The SMILES string of the molecule is CC(C)Oc1cc(Oc2ccc(S(=O)(=O)C(C)C)cc2)cc(C(=O)Nc2ccc(P(C)(=O)O)cn2)c1. The summed E-state index contributed by atoms with van der Waals surface area (Å²) in [7, 11) is -6.86. The number of anilines is 1. The first kappa shape index (κ1) is 27.4. The molecular weight excluding hydrogens is 503 g/mol. The van der Waals surface area contributed by atoms with Gasteiger partial charge in [0.25, 0.3) is 5.91 Å². The van der Waals surface area contributed by atoms with E-state index in [-0.39, 0.29) is 27.7 Å². The number of sulfone groups is 1. The third-order valence-electron chi connectivity index (χ3n) is 4.99. The maximum atomic E-state index is 12.9. The fourth-order valence-electron chi connectivity index (χ4n) is 3.10. The quantitative estimate of drug-likeness (QED) is 0.382. The highest BCUT2D eigenvalue weighted by Gasteiger charge is 2.19. The van der Waals surface area contributed by atoms with Crippen LogP contribution in [0.4, 0.5) is 5.82 Å². The molecule has 0 spiro atoms. The zero-order chi connectivity index (χ0) is 26.7. The predicted molar refractivity (Wildman–Crippen MR) is 139 cm³/mol. The topological polar surface area (TPSA) is 132 Å². The van der Waals surface area contributed by atoms with E-state index >= 15 is 0 Å². The Labute approximate surface area is 210 Å². The molecule has 0 saturated carbocycles. The third-order valence-corrected chi connectivity index (χ3v) is 8.38. The number of hydrogen-bond donors (Lipinski definition) is 2. The van der Waals surface area contributed by atoms with Crippen molar-refractivity contribution in [1.82, 2.24) is 4.98 Å². The lowest BCUT2D eigenvalue weighted by Gasteiger charge is -2.15. The number of hydrogen-bond acceptors (Lipinski definition) is 7. The normalized spacial score (nSPS) is 13.3. The standard InChI is InChI=1S/C25H29N2O7PS/c1-16(2)33-20-12-18(25(28)27-24-11-8-22(15-26-24)35(5,29)30)13-21(14-20)34-19-6-9-23(10-7-19)36(31,32)17(3)4/h6-17H,1-5H3,(H,29,30)(H,26,27,28). The molecule has 192 valence electrons. The maximum Gasteiger partial charge on any atom is 0.257 e. The van der Waals surface area contributed by atoms with Crippen molar-refractivity contribution in [2.45, 2.75) is 43.9 Å². The van der Waals surface area contributed by atoms with Gasteiger partial charge in [0.1, 0.15) is 23.1 Å². The second-order valence-electron chi connectivity index (χ2n) is 8.76. The number of nitrogens with one attached hydrogen (secondary N) is 1. The number of ether oxygens (including phenoxy) is 2. The van der Waals surface area contributed by atoms with Crippen LogP contribution >= 0.6 is 7.37 Å². The van der Waals surface area contributed by atoms with Gasteiger partial charge in [0.05, 0.1) is 21.6 Å². The number of aromatic nitrogens is 1. The fraction of sp³-hybridized carbons (Fsp3) is 0.280. The van der Waals surface area contributed by atoms with Gasteiger partial charge in [-0.25, -0.2) is 13.4 Å². The summed E-state index contributed by atoms with van der Waals surface area (Å²) in [5, 5.41) is 2.28. The minimum absolute atomic E-state index is 0.158. The van der Waals surface area contributed by atoms with Gasteiger partial charge in [-0.15, -0.1) is 0 Å². The van der Waals surface area contributed by atoms with E-state index in [1.165, 1.54) is 43.2 Å². The number of nitrogens with zero attached hydrogens (tertiary/aromatic N) is 1. The van der Waals surface area contributed by atoms with Gasteiger partial charge in [-0.3, -0.25) is 9.36 Å². The summed E-state index contributed by atoms with van der Waals surface area (Å²) in [6.45, 7) is 8.14. The molecule has 1 amide bonds. The van der Waals surface area contributed by atoms with E-state index in [1.54, 1.807) is 38.1 Å². The zero-order valence-corrected chi connectivity index (χ0v) is 22.3. The number of benzene rings is 2. The highest BCUT2D eigenvalue weighted by atomic mass is 32.2. The molecule has 36 heavy (non-hydrogen) atoms. The number of amides is 1. The molecule has 9 nitrogen and oxygen atoms in total. The summed E-state index contributed by atoms with van der Waals surface area (Å²) in [4.78, 5) is 26.8. The molecule has 3 aromatic rings. The fourth-order valence-corrected chi connectivity index (χ4v) is 4.78. The summed E-state index contributed by atoms with van der Waals surface area (Å²) >= 11 is 0. The maximum absolute atomic E-state index is 12.9. The van der Waals surface area contributed by atoms with Gasteiger partial charge in [-0.2, -0.15) is 0 Å². The second-order valence-corrected chi connectivity index (χ2v) is 13.5. The Morgan fingerprint density at radius 2 is 1.61 bits per heavy atom. The lowest BCUT2D eigenvalue weighted by molar-refractivity contribution is 0.102. The van der Waals surface area contributed by atoms with Crippen LogP contribution in [0.3, 0.4) is 0 Å². The average molecular weight is 533 g/mol. The molecule has 3 rings (SSSR count). The van der Waals surface area contributed by atoms with Gasteiger partial charge in [0, 0.05) is 24.5 Å². The Kier molecular flexibility index (Phi) is 8.23. The lowest BCUT2D eigenvalue weighted by Crippen LogP contribution is -2.15. The average Bonchev–Trinajstić information content (AvgIpc) is 2.78. The van der Waals surface area contributed by atoms with Crippen molar-refractivity contribution in [1.29, 1.82) is 0 Å². The van der Waals surface area contributed by atoms with Crippen LogP contribution in [0.2, 0.25) is 0 Å². The molecule has 0 aliphatic carbocycles. The molecule has 2 aromatic carbocycles. The molecule has 1 aromatic heterocycles. The monoisotopic (exact) mass is 532 g/mol. The van der Waals surface area contributed by atoms with Crippen LogP contribution < -0.4 is 20.1 Å². The Morgan fingerprint density at radius 1 is 0.972 bits per heavy atom. The van der Waals surface area contributed by atoms with Gasteiger partial charge in [-0.05, 0) is 76.2 Å². The van der Waals surface area contributed by atoms with Crippen LogP contribution in [0.25, 0.3) is 0 Å². The van der Waals surface area contributed by atoms with E-state index in [1.807, 2.05) is 13.8 Å². The molecule has 1 heterocycles. The van der Waals surface area contributed by atoms with Crippen molar-refractivity contribution in [2.24, 2.45) is 0 Å². The van der Waals surface area contributed by atoms with E-state index in [0.717, 1.165) is 0 Å². The zero-order valence-electron chi connectivity index (χ0n) is 20.6. The van der Waals surface area contributed by atoms with Crippen LogP contribution in [-0.2, 0) is 14.4 Å². The third kappa shape index (κ3) is 6.94. The first-order valence-electron chi connectivity index (χ1n) is 11.2. The Bertz CT molecular complexity index is 1380. The first-order chi connectivity index (χ1) is 16.8. The molecule has 1 atom stereocenters.